The maximum Gasteiger partial charge on any atom is 0.328 e. The molecule has 0 unspecified atom stereocenters. The van der Waals surface area contributed by atoms with Gasteiger partial charge in [0.1, 0.15) is 0 Å². The monoisotopic (exact) mass is 498 g/mol. The van der Waals surface area contributed by atoms with Crippen LogP contribution in [0.3, 0.4) is 0 Å². The average molecular weight is 499 g/mol. The molecular weight excluding hydrogens is 460 g/mol. The molecule has 2 aromatic heterocycles. The van der Waals surface area contributed by atoms with Gasteiger partial charge in [-0.1, -0.05) is 94.5 Å². The number of tetrazole rings is 1. The molecule has 0 radical (unpaired) electrons. The summed E-state index contributed by atoms with van der Waals surface area (Å²) in [6.45, 7) is 5.91. The Bertz CT molecular complexity index is 1330. The second-order valence-corrected chi connectivity index (χ2v) is 10.9. The van der Waals surface area contributed by atoms with Gasteiger partial charge in [0.2, 0.25) is 0 Å². The lowest BCUT2D eigenvalue weighted by atomic mass is 9.87. The Morgan fingerprint density at radius 2 is 1.76 bits per heavy atom. The van der Waals surface area contributed by atoms with E-state index in [9.17, 15) is 4.79 Å². The molecule has 1 saturated carbocycles. The number of nitrogens with one attached hydrogen (secondary N) is 1. The number of nitrogens with zero attached hydrogens (tertiary/aromatic N) is 5. The highest BCUT2D eigenvalue weighted by atomic mass is 16.1. The summed E-state index contributed by atoms with van der Waals surface area (Å²) in [7, 11) is 0. The Morgan fingerprint density at radius 3 is 2.46 bits per heavy atom. The summed E-state index contributed by atoms with van der Waals surface area (Å²) in [6, 6.07) is 16.6. The van der Waals surface area contributed by atoms with Crippen molar-refractivity contribution in [3.8, 4) is 22.5 Å². The zero-order valence-corrected chi connectivity index (χ0v) is 22.1. The molecule has 0 atom stereocenters. The van der Waals surface area contributed by atoms with E-state index in [2.05, 4.69) is 71.0 Å². The van der Waals surface area contributed by atoms with Gasteiger partial charge in [-0.25, -0.2) is 9.89 Å². The number of aromatic nitrogens is 6. The molecule has 0 spiro atoms. The lowest BCUT2D eigenvalue weighted by molar-refractivity contribution is 0.322. The second kappa shape index (κ2) is 11.7. The number of benzene rings is 2. The SMILES string of the molecule is CC(C)CCc1cn(CCC2CCCCC2)c(=O)n1Cc1ccc(-c2ccccc2-c2nnn[nH]2)cc1. The highest BCUT2D eigenvalue weighted by molar-refractivity contribution is 5.80. The fraction of sp³-hybridized carbons (Fsp3) is 0.467. The number of H-pyrrole nitrogens is 1. The third-order valence-electron chi connectivity index (χ3n) is 7.74. The zero-order chi connectivity index (χ0) is 25.6. The molecule has 1 aliphatic carbocycles. The van der Waals surface area contributed by atoms with Crippen molar-refractivity contribution < 1.29 is 0 Å². The first kappa shape index (κ1) is 25.2. The Labute approximate surface area is 218 Å². The van der Waals surface area contributed by atoms with Crippen molar-refractivity contribution in [2.45, 2.75) is 78.3 Å². The topological polar surface area (TPSA) is 81.4 Å². The largest absolute Gasteiger partial charge is 0.328 e. The maximum absolute atomic E-state index is 13.5. The van der Waals surface area contributed by atoms with E-state index in [1.807, 2.05) is 27.3 Å². The number of hydrogen-bond acceptors (Lipinski definition) is 4. The molecule has 7 nitrogen and oxygen atoms in total. The fourth-order valence-corrected chi connectivity index (χ4v) is 5.53. The van der Waals surface area contributed by atoms with Gasteiger partial charge >= 0.3 is 5.69 Å². The summed E-state index contributed by atoms with van der Waals surface area (Å²) in [5.41, 5.74) is 5.52. The van der Waals surface area contributed by atoms with Crippen LogP contribution >= 0.6 is 0 Å². The molecule has 1 aliphatic rings. The van der Waals surface area contributed by atoms with Crippen molar-refractivity contribution in [2.24, 2.45) is 11.8 Å². The lowest BCUT2D eigenvalue weighted by Gasteiger charge is -2.21. The van der Waals surface area contributed by atoms with E-state index in [-0.39, 0.29) is 5.69 Å². The van der Waals surface area contributed by atoms with Gasteiger partial charge in [-0.3, -0.25) is 9.13 Å². The van der Waals surface area contributed by atoms with Gasteiger partial charge in [-0.2, -0.15) is 0 Å². The molecule has 37 heavy (non-hydrogen) atoms. The normalized spacial score (nSPS) is 14.5. The summed E-state index contributed by atoms with van der Waals surface area (Å²) < 4.78 is 3.96. The molecule has 0 saturated heterocycles. The smallest absolute Gasteiger partial charge is 0.299 e. The first-order valence-electron chi connectivity index (χ1n) is 13.8. The van der Waals surface area contributed by atoms with E-state index in [0.717, 1.165) is 59.7 Å². The van der Waals surface area contributed by atoms with Crippen LogP contribution in [0.25, 0.3) is 22.5 Å². The van der Waals surface area contributed by atoms with E-state index in [0.29, 0.717) is 18.3 Å². The van der Waals surface area contributed by atoms with Crippen LogP contribution in [-0.2, 0) is 19.5 Å². The molecule has 5 rings (SSSR count). The van der Waals surface area contributed by atoms with E-state index in [4.69, 9.17) is 0 Å². The lowest BCUT2D eigenvalue weighted by Crippen LogP contribution is -2.26. The first-order chi connectivity index (χ1) is 18.1. The van der Waals surface area contributed by atoms with Crippen molar-refractivity contribution >= 4 is 0 Å². The average Bonchev–Trinajstić information content (AvgIpc) is 3.56. The van der Waals surface area contributed by atoms with E-state index < -0.39 is 0 Å². The van der Waals surface area contributed by atoms with Crippen molar-refractivity contribution in [2.75, 3.05) is 0 Å². The van der Waals surface area contributed by atoms with Crippen molar-refractivity contribution in [3.05, 3.63) is 76.5 Å². The van der Waals surface area contributed by atoms with Crippen LogP contribution in [0.5, 0.6) is 0 Å². The molecule has 2 heterocycles. The molecule has 7 heteroatoms. The Balaban J connectivity index is 1.36. The van der Waals surface area contributed by atoms with Gasteiger partial charge in [0.15, 0.2) is 5.82 Å². The molecule has 0 amide bonds. The summed E-state index contributed by atoms with van der Waals surface area (Å²) in [6.07, 6.45) is 11.9. The minimum absolute atomic E-state index is 0.127. The summed E-state index contributed by atoms with van der Waals surface area (Å²) in [4.78, 5) is 13.5. The molecule has 1 fully saturated rings. The van der Waals surface area contributed by atoms with Gasteiger partial charge in [-0.15, -0.1) is 5.10 Å². The van der Waals surface area contributed by atoms with Crippen LogP contribution in [0.1, 0.15) is 70.1 Å². The molecule has 2 aromatic carbocycles. The summed E-state index contributed by atoms with van der Waals surface area (Å²) in [5.74, 6) is 2.02. The maximum atomic E-state index is 13.5. The Hall–Kier alpha value is -3.48. The number of hydrogen-bond donors (Lipinski definition) is 1. The van der Waals surface area contributed by atoms with Gasteiger partial charge < -0.3 is 0 Å². The molecule has 194 valence electrons. The predicted molar refractivity (Wildman–Crippen MR) is 147 cm³/mol. The third kappa shape index (κ3) is 6.09. The van der Waals surface area contributed by atoms with Crippen LogP contribution in [0, 0.1) is 11.8 Å². The van der Waals surface area contributed by atoms with Crippen molar-refractivity contribution in [3.63, 3.8) is 0 Å². The van der Waals surface area contributed by atoms with Gasteiger partial charge in [0, 0.05) is 24.0 Å². The fourth-order valence-electron chi connectivity index (χ4n) is 5.53. The quantitative estimate of drug-likeness (QED) is 0.286. The summed E-state index contributed by atoms with van der Waals surface area (Å²) >= 11 is 0. The number of imidazole rings is 1. The molecule has 0 bridgehead atoms. The number of aryl methyl sites for hydroxylation is 2. The van der Waals surface area contributed by atoms with Crippen molar-refractivity contribution in [1.29, 1.82) is 0 Å². The second-order valence-electron chi connectivity index (χ2n) is 10.9. The van der Waals surface area contributed by atoms with Gasteiger partial charge in [0.25, 0.3) is 0 Å². The molecule has 4 aromatic rings. The van der Waals surface area contributed by atoms with E-state index >= 15 is 0 Å². The number of aromatic amines is 1. The van der Waals surface area contributed by atoms with Crippen LogP contribution in [0.4, 0.5) is 0 Å². The highest BCUT2D eigenvalue weighted by Gasteiger charge is 2.17. The third-order valence-corrected chi connectivity index (χ3v) is 7.74. The van der Waals surface area contributed by atoms with Crippen LogP contribution < -0.4 is 5.69 Å². The van der Waals surface area contributed by atoms with Crippen LogP contribution in [0.15, 0.2) is 59.5 Å². The number of rotatable bonds is 10. The van der Waals surface area contributed by atoms with Crippen LogP contribution in [0.2, 0.25) is 0 Å². The minimum atomic E-state index is 0.127. The molecular formula is C30H38N6O. The Kier molecular flexibility index (Phi) is 7.97. The predicted octanol–water partition coefficient (Wildman–Crippen LogP) is 6.10. The zero-order valence-electron chi connectivity index (χ0n) is 22.1. The van der Waals surface area contributed by atoms with Gasteiger partial charge in [0.05, 0.1) is 6.54 Å². The van der Waals surface area contributed by atoms with Crippen LogP contribution in [-0.4, -0.2) is 29.8 Å². The standard InChI is InChI=1S/C30H38N6O/c1-22(2)12-17-26-21-35(19-18-23-8-4-3-5-9-23)30(37)36(26)20-24-13-15-25(16-14-24)27-10-6-7-11-28(27)29-31-33-34-32-29/h6-7,10-11,13-16,21-23H,3-5,8-9,12,17-20H2,1-2H3,(H,31,32,33,34). The van der Waals surface area contributed by atoms with E-state index in [1.165, 1.54) is 32.1 Å². The summed E-state index contributed by atoms with van der Waals surface area (Å²) in [5, 5.41) is 14.4. The minimum Gasteiger partial charge on any atom is -0.299 e. The van der Waals surface area contributed by atoms with Gasteiger partial charge in [-0.05, 0) is 58.2 Å². The van der Waals surface area contributed by atoms with Crippen molar-refractivity contribution in [1.82, 2.24) is 29.8 Å². The Morgan fingerprint density at radius 1 is 1.00 bits per heavy atom. The highest BCUT2D eigenvalue weighted by Crippen LogP contribution is 2.30. The van der Waals surface area contributed by atoms with E-state index in [1.54, 1.807) is 0 Å². The molecule has 0 aliphatic heterocycles. The molecule has 1 N–H and O–H groups in total. The first-order valence-corrected chi connectivity index (χ1v) is 13.8.